The third-order valence-corrected chi connectivity index (χ3v) is 4.51. The number of amides is 1. The van der Waals surface area contributed by atoms with Crippen LogP contribution in [0.15, 0.2) is 53.4 Å². The van der Waals surface area contributed by atoms with Gasteiger partial charge in [0.1, 0.15) is 0 Å². The number of hydrogen-bond donors (Lipinski definition) is 2. The van der Waals surface area contributed by atoms with Crippen molar-refractivity contribution >= 4 is 22.4 Å². The van der Waals surface area contributed by atoms with Gasteiger partial charge in [-0.1, -0.05) is 24.3 Å². The maximum Gasteiger partial charge on any atom is 0.221 e. The summed E-state index contributed by atoms with van der Waals surface area (Å²) in [6, 6.07) is 15.8. The molecule has 0 aliphatic carbocycles. The summed E-state index contributed by atoms with van der Waals surface area (Å²) in [7, 11) is -0.942. The van der Waals surface area contributed by atoms with Gasteiger partial charge >= 0.3 is 0 Å². The summed E-state index contributed by atoms with van der Waals surface area (Å²) in [6.07, 6.45) is 1.68. The Bertz CT molecular complexity index is 698. The largest absolute Gasteiger partial charge is 0.326 e. The van der Waals surface area contributed by atoms with Crippen LogP contribution in [0.2, 0.25) is 0 Å². The van der Waals surface area contributed by atoms with Gasteiger partial charge in [-0.15, -0.1) is 0 Å². The molecule has 122 valence electrons. The number of nitrogens with one attached hydrogen (secondary N) is 2. The van der Waals surface area contributed by atoms with Crippen LogP contribution in [0.3, 0.4) is 0 Å². The second-order valence-corrected chi connectivity index (χ2v) is 6.89. The normalized spacial score (nSPS) is 13.3. The fraction of sp³-hybridized carbons (Fsp3) is 0.278. The molecule has 1 amide bonds. The molecule has 0 spiro atoms. The molecule has 0 fully saturated rings. The molecule has 0 aromatic heterocycles. The topological polar surface area (TPSA) is 58.2 Å². The van der Waals surface area contributed by atoms with Gasteiger partial charge in [0.25, 0.3) is 0 Å². The van der Waals surface area contributed by atoms with E-state index in [0.717, 1.165) is 28.3 Å². The first kappa shape index (κ1) is 17.4. The van der Waals surface area contributed by atoms with Crippen LogP contribution in [-0.4, -0.2) is 16.4 Å². The number of carbonyl (C=O) groups excluding carboxylic acids is 1. The van der Waals surface area contributed by atoms with Gasteiger partial charge in [-0.05, 0) is 42.3 Å². The number of hydrogen-bond acceptors (Lipinski definition) is 3. The van der Waals surface area contributed by atoms with Crippen molar-refractivity contribution in [3.8, 4) is 0 Å². The highest BCUT2D eigenvalue weighted by atomic mass is 32.2. The molecule has 0 aliphatic rings. The average Bonchev–Trinajstić information content (AvgIpc) is 2.52. The fourth-order valence-electron chi connectivity index (χ4n) is 2.28. The SMILES string of the molecule is CC(=O)Nc1cccc([C@@H](C)NCc2ccc([S@@](C)=O)cc2)c1. The molecule has 23 heavy (non-hydrogen) atoms. The third-order valence-electron chi connectivity index (χ3n) is 3.57. The lowest BCUT2D eigenvalue weighted by atomic mass is 10.1. The van der Waals surface area contributed by atoms with Crippen LogP contribution in [-0.2, 0) is 22.1 Å². The molecule has 0 aliphatic heterocycles. The standard InChI is InChI=1S/C18H22N2O2S/c1-13(16-5-4-6-17(11-16)20-14(2)21)19-12-15-7-9-18(10-8-15)23(3)22/h4-11,13,19H,12H2,1-3H3,(H,20,21)/t13-,23-/m1/s1. The molecule has 0 saturated carbocycles. The molecule has 2 N–H and O–H groups in total. The van der Waals surface area contributed by atoms with Gasteiger partial charge in [0, 0.05) is 47.1 Å². The summed E-state index contributed by atoms with van der Waals surface area (Å²) >= 11 is 0. The predicted octanol–water partition coefficient (Wildman–Crippen LogP) is 3.23. The molecule has 0 saturated heterocycles. The Morgan fingerprint density at radius 2 is 1.87 bits per heavy atom. The lowest BCUT2D eigenvalue weighted by molar-refractivity contribution is -0.114. The van der Waals surface area contributed by atoms with Gasteiger partial charge < -0.3 is 10.6 Å². The Morgan fingerprint density at radius 3 is 2.48 bits per heavy atom. The molecule has 0 heterocycles. The molecule has 0 bridgehead atoms. The highest BCUT2D eigenvalue weighted by molar-refractivity contribution is 7.84. The summed E-state index contributed by atoms with van der Waals surface area (Å²) in [4.78, 5) is 12.0. The first-order valence-electron chi connectivity index (χ1n) is 7.49. The number of rotatable bonds is 6. The Hall–Kier alpha value is -1.98. The van der Waals surface area contributed by atoms with Crippen molar-refractivity contribution in [3.63, 3.8) is 0 Å². The van der Waals surface area contributed by atoms with E-state index in [0.29, 0.717) is 0 Å². The average molecular weight is 330 g/mol. The van der Waals surface area contributed by atoms with Crippen molar-refractivity contribution in [3.05, 3.63) is 59.7 Å². The van der Waals surface area contributed by atoms with Crippen LogP contribution in [0, 0.1) is 0 Å². The van der Waals surface area contributed by atoms with Gasteiger partial charge in [-0.2, -0.15) is 0 Å². The van der Waals surface area contributed by atoms with Crippen LogP contribution < -0.4 is 10.6 Å². The van der Waals surface area contributed by atoms with Crippen molar-refractivity contribution in [1.29, 1.82) is 0 Å². The van der Waals surface area contributed by atoms with Gasteiger partial charge in [0.05, 0.1) is 0 Å². The first-order chi connectivity index (χ1) is 11.0. The van der Waals surface area contributed by atoms with E-state index in [9.17, 15) is 9.00 Å². The van der Waals surface area contributed by atoms with Crippen molar-refractivity contribution in [2.75, 3.05) is 11.6 Å². The molecule has 0 unspecified atom stereocenters. The first-order valence-corrected chi connectivity index (χ1v) is 9.05. The van der Waals surface area contributed by atoms with E-state index in [-0.39, 0.29) is 11.9 Å². The molecule has 0 radical (unpaired) electrons. The zero-order valence-electron chi connectivity index (χ0n) is 13.6. The van der Waals surface area contributed by atoms with E-state index in [1.807, 2.05) is 48.5 Å². The lowest BCUT2D eigenvalue weighted by Gasteiger charge is -2.15. The molecule has 2 aromatic carbocycles. The van der Waals surface area contributed by atoms with E-state index < -0.39 is 10.8 Å². The molecule has 2 atom stereocenters. The Morgan fingerprint density at radius 1 is 1.17 bits per heavy atom. The van der Waals surface area contributed by atoms with E-state index in [2.05, 4.69) is 17.6 Å². The van der Waals surface area contributed by atoms with Crippen LogP contribution in [0.4, 0.5) is 5.69 Å². The molecular weight excluding hydrogens is 308 g/mol. The molecule has 4 nitrogen and oxygen atoms in total. The van der Waals surface area contributed by atoms with E-state index in [4.69, 9.17) is 0 Å². The van der Waals surface area contributed by atoms with Crippen molar-refractivity contribution in [2.45, 2.75) is 31.3 Å². The maximum absolute atomic E-state index is 11.4. The maximum atomic E-state index is 11.4. The molecule has 2 aromatic rings. The second kappa shape index (κ2) is 8.04. The molecule has 2 rings (SSSR count). The Labute approximate surface area is 139 Å². The minimum atomic E-state index is -0.942. The van der Waals surface area contributed by atoms with Crippen molar-refractivity contribution in [2.24, 2.45) is 0 Å². The van der Waals surface area contributed by atoms with E-state index in [1.54, 1.807) is 6.26 Å². The van der Waals surface area contributed by atoms with Gasteiger partial charge in [0.15, 0.2) is 0 Å². The van der Waals surface area contributed by atoms with Gasteiger partial charge in [-0.3, -0.25) is 9.00 Å². The van der Waals surface area contributed by atoms with E-state index in [1.165, 1.54) is 6.92 Å². The zero-order chi connectivity index (χ0) is 16.8. The second-order valence-electron chi connectivity index (χ2n) is 5.51. The summed E-state index contributed by atoms with van der Waals surface area (Å²) in [5, 5.41) is 6.25. The number of benzene rings is 2. The summed E-state index contributed by atoms with van der Waals surface area (Å²) in [5.74, 6) is -0.0730. The van der Waals surface area contributed by atoms with Crippen molar-refractivity contribution < 1.29 is 9.00 Å². The molecule has 5 heteroatoms. The van der Waals surface area contributed by atoms with Crippen molar-refractivity contribution in [1.82, 2.24) is 5.32 Å². The highest BCUT2D eigenvalue weighted by Crippen LogP contribution is 2.18. The number of carbonyl (C=O) groups is 1. The van der Waals surface area contributed by atoms with Crippen LogP contribution in [0.5, 0.6) is 0 Å². The quantitative estimate of drug-likeness (QED) is 0.855. The van der Waals surface area contributed by atoms with Crippen LogP contribution >= 0.6 is 0 Å². The van der Waals surface area contributed by atoms with Crippen LogP contribution in [0.25, 0.3) is 0 Å². The van der Waals surface area contributed by atoms with Gasteiger partial charge in [0.2, 0.25) is 5.91 Å². The Balaban J connectivity index is 1.97. The summed E-state index contributed by atoms with van der Waals surface area (Å²) in [5.41, 5.74) is 3.06. The van der Waals surface area contributed by atoms with E-state index >= 15 is 0 Å². The Kier molecular flexibility index (Phi) is 6.07. The highest BCUT2D eigenvalue weighted by Gasteiger charge is 2.06. The number of anilines is 1. The minimum Gasteiger partial charge on any atom is -0.326 e. The third kappa shape index (κ3) is 5.30. The smallest absolute Gasteiger partial charge is 0.221 e. The predicted molar refractivity (Wildman–Crippen MR) is 94.8 cm³/mol. The lowest BCUT2D eigenvalue weighted by Crippen LogP contribution is -2.18. The van der Waals surface area contributed by atoms with Crippen LogP contribution in [0.1, 0.15) is 31.0 Å². The fourth-order valence-corrected chi connectivity index (χ4v) is 2.80. The summed E-state index contributed by atoms with van der Waals surface area (Å²) in [6.45, 7) is 4.31. The monoisotopic (exact) mass is 330 g/mol. The van der Waals surface area contributed by atoms with Gasteiger partial charge in [-0.25, -0.2) is 0 Å². The summed E-state index contributed by atoms with van der Waals surface area (Å²) < 4.78 is 11.4. The zero-order valence-corrected chi connectivity index (χ0v) is 14.4. The molecular formula is C18H22N2O2S. The minimum absolute atomic E-state index is 0.0730.